The molecule has 7 heteroatoms. The summed E-state index contributed by atoms with van der Waals surface area (Å²) in [6.07, 6.45) is 1.29. The molecule has 3 rings (SSSR count). The Hall–Kier alpha value is -3.35. The highest BCUT2D eigenvalue weighted by Crippen LogP contribution is 2.29. The number of aryl methyl sites for hydroxylation is 2. The summed E-state index contributed by atoms with van der Waals surface area (Å²) >= 11 is 0. The average molecular weight is 396 g/mol. The maximum Gasteiger partial charge on any atom is 0.344 e. The van der Waals surface area contributed by atoms with E-state index in [1.54, 1.807) is 29.2 Å². The second kappa shape index (κ2) is 9.23. The minimum atomic E-state index is -0.635. The average Bonchev–Trinajstić information content (AvgIpc) is 3.13. The molecule has 0 radical (unpaired) electrons. The van der Waals surface area contributed by atoms with Gasteiger partial charge in [-0.2, -0.15) is 0 Å². The molecule has 1 heterocycles. The molecule has 1 aliphatic rings. The lowest BCUT2D eigenvalue weighted by Gasteiger charge is -2.19. The summed E-state index contributed by atoms with van der Waals surface area (Å²) in [4.78, 5) is 37.8. The van der Waals surface area contributed by atoms with Gasteiger partial charge < -0.3 is 19.7 Å². The first-order chi connectivity index (χ1) is 13.9. The Balaban J connectivity index is 1.51. The summed E-state index contributed by atoms with van der Waals surface area (Å²) in [5.74, 6) is -0.481. The lowest BCUT2D eigenvalue weighted by atomic mass is 10.1. The van der Waals surface area contributed by atoms with E-state index in [-0.39, 0.29) is 12.5 Å². The van der Waals surface area contributed by atoms with Gasteiger partial charge in [0.25, 0.3) is 5.91 Å². The molecule has 0 saturated carbocycles. The molecule has 29 heavy (non-hydrogen) atoms. The van der Waals surface area contributed by atoms with Gasteiger partial charge in [-0.15, -0.1) is 0 Å². The zero-order valence-electron chi connectivity index (χ0n) is 16.6. The Morgan fingerprint density at radius 1 is 1.10 bits per heavy atom. The van der Waals surface area contributed by atoms with Crippen molar-refractivity contribution in [1.82, 2.24) is 0 Å². The van der Waals surface area contributed by atoms with E-state index in [1.165, 1.54) is 0 Å². The number of carbonyl (C=O) groups is 3. The zero-order chi connectivity index (χ0) is 20.8. The number of esters is 1. The van der Waals surface area contributed by atoms with E-state index >= 15 is 0 Å². The summed E-state index contributed by atoms with van der Waals surface area (Å²) < 4.78 is 10.5. The van der Waals surface area contributed by atoms with Gasteiger partial charge in [0.05, 0.1) is 11.4 Å². The van der Waals surface area contributed by atoms with Crippen molar-refractivity contribution in [3.63, 3.8) is 0 Å². The lowest BCUT2D eigenvalue weighted by Crippen LogP contribution is -2.27. The number of hydrogen-bond acceptors (Lipinski definition) is 5. The maximum absolute atomic E-state index is 12.2. The van der Waals surface area contributed by atoms with Crippen LogP contribution in [0.1, 0.15) is 24.0 Å². The van der Waals surface area contributed by atoms with Crippen molar-refractivity contribution in [2.45, 2.75) is 26.7 Å². The Morgan fingerprint density at radius 2 is 1.90 bits per heavy atom. The summed E-state index contributed by atoms with van der Waals surface area (Å²) in [6, 6.07) is 12.8. The molecule has 0 unspecified atom stereocenters. The van der Waals surface area contributed by atoms with Gasteiger partial charge in [0.15, 0.2) is 13.2 Å². The number of rotatable bonds is 7. The van der Waals surface area contributed by atoms with E-state index < -0.39 is 18.5 Å². The summed E-state index contributed by atoms with van der Waals surface area (Å²) in [5, 5.41) is 2.70. The van der Waals surface area contributed by atoms with Gasteiger partial charge in [0.2, 0.25) is 5.91 Å². The fourth-order valence-electron chi connectivity index (χ4n) is 3.09. The number of nitrogens with one attached hydrogen (secondary N) is 1. The molecule has 2 amide bonds. The van der Waals surface area contributed by atoms with Crippen molar-refractivity contribution in [3.05, 3.63) is 53.6 Å². The van der Waals surface area contributed by atoms with Crippen LogP contribution in [0.25, 0.3) is 0 Å². The molecule has 1 aliphatic heterocycles. The van der Waals surface area contributed by atoms with Gasteiger partial charge in [-0.25, -0.2) is 4.79 Å². The molecule has 152 valence electrons. The number of amides is 2. The molecule has 0 aliphatic carbocycles. The van der Waals surface area contributed by atoms with Crippen molar-refractivity contribution >= 4 is 29.2 Å². The molecule has 0 aromatic heterocycles. The van der Waals surface area contributed by atoms with E-state index in [1.807, 2.05) is 32.0 Å². The van der Waals surface area contributed by atoms with Crippen LogP contribution in [0.15, 0.2) is 42.5 Å². The fraction of sp³-hybridized carbons (Fsp3) is 0.318. The van der Waals surface area contributed by atoms with Crippen molar-refractivity contribution in [3.8, 4) is 5.75 Å². The number of nitrogens with zero attached hydrogens (tertiary/aromatic N) is 1. The number of anilines is 2. The second-order valence-corrected chi connectivity index (χ2v) is 6.93. The Labute approximate surface area is 169 Å². The highest BCUT2D eigenvalue weighted by molar-refractivity contribution is 6.02. The topological polar surface area (TPSA) is 84.9 Å². The first-order valence-corrected chi connectivity index (χ1v) is 9.49. The van der Waals surface area contributed by atoms with Gasteiger partial charge in [0, 0.05) is 13.0 Å². The van der Waals surface area contributed by atoms with Gasteiger partial charge in [-0.3, -0.25) is 9.59 Å². The van der Waals surface area contributed by atoms with Crippen molar-refractivity contribution in [1.29, 1.82) is 0 Å². The Kier molecular flexibility index (Phi) is 6.49. The molecule has 1 N–H and O–H groups in total. The van der Waals surface area contributed by atoms with Gasteiger partial charge >= 0.3 is 5.97 Å². The Bertz CT molecular complexity index is 925. The third-order valence-electron chi connectivity index (χ3n) is 4.60. The first kappa shape index (κ1) is 20.4. The summed E-state index contributed by atoms with van der Waals surface area (Å²) in [7, 11) is 0. The summed E-state index contributed by atoms with van der Waals surface area (Å²) in [6.45, 7) is 3.72. The van der Waals surface area contributed by atoms with E-state index in [4.69, 9.17) is 9.47 Å². The number of benzene rings is 2. The third-order valence-corrected chi connectivity index (χ3v) is 4.60. The number of ether oxygens (including phenoxy) is 2. The quantitative estimate of drug-likeness (QED) is 0.728. The molecular weight excluding hydrogens is 372 g/mol. The van der Waals surface area contributed by atoms with Crippen LogP contribution < -0.4 is 15.0 Å². The van der Waals surface area contributed by atoms with E-state index in [9.17, 15) is 14.4 Å². The first-order valence-electron chi connectivity index (χ1n) is 9.49. The minimum Gasteiger partial charge on any atom is -0.482 e. The van der Waals surface area contributed by atoms with Gasteiger partial charge in [-0.05, 0) is 49.6 Å². The number of hydrogen-bond donors (Lipinski definition) is 1. The van der Waals surface area contributed by atoms with Crippen LogP contribution in [0, 0.1) is 13.8 Å². The largest absolute Gasteiger partial charge is 0.482 e. The highest BCUT2D eigenvalue weighted by atomic mass is 16.6. The lowest BCUT2D eigenvalue weighted by molar-refractivity contribution is -0.149. The van der Waals surface area contributed by atoms with Crippen LogP contribution in [-0.2, 0) is 19.1 Å². The van der Waals surface area contributed by atoms with Crippen LogP contribution in [0.3, 0.4) is 0 Å². The monoisotopic (exact) mass is 396 g/mol. The van der Waals surface area contributed by atoms with E-state index in [2.05, 4.69) is 5.32 Å². The molecule has 0 spiro atoms. The summed E-state index contributed by atoms with van der Waals surface area (Å²) in [5.41, 5.74) is 3.09. The van der Waals surface area contributed by atoms with Crippen molar-refractivity contribution in [2.24, 2.45) is 0 Å². The van der Waals surface area contributed by atoms with Crippen LogP contribution in [0.4, 0.5) is 11.4 Å². The standard InChI is InChI=1S/C22H24N2O5/c1-15-9-10-16(2)19(12-15)28-14-22(27)29-13-20(25)23-17-6-3-4-7-18(17)24-11-5-8-21(24)26/h3-4,6-7,9-10,12H,5,8,11,13-14H2,1-2H3,(H,23,25). The molecule has 7 nitrogen and oxygen atoms in total. The smallest absolute Gasteiger partial charge is 0.344 e. The van der Waals surface area contributed by atoms with Gasteiger partial charge in [0.1, 0.15) is 5.75 Å². The molecular formula is C22H24N2O5. The van der Waals surface area contributed by atoms with Crippen LogP contribution in [0.5, 0.6) is 5.75 Å². The molecule has 1 saturated heterocycles. The van der Waals surface area contributed by atoms with Crippen LogP contribution in [-0.4, -0.2) is 37.5 Å². The normalized spacial score (nSPS) is 13.3. The van der Waals surface area contributed by atoms with Gasteiger partial charge in [-0.1, -0.05) is 24.3 Å². The number of para-hydroxylation sites is 2. The Morgan fingerprint density at radius 3 is 2.66 bits per heavy atom. The predicted molar refractivity (Wildman–Crippen MR) is 109 cm³/mol. The number of carbonyl (C=O) groups excluding carboxylic acids is 3. The molecule has 1 fully saturated rings. The highest BCUT2D eigenvalue weighted by Gasteiger charge is 2.24. The fourth-order valence-corrected chi connectivity index (χ4v) is 3.09. The molecule has 2 aromatic rings. The van der Waals surface area contributed by atoms with Crippen molar-refractivity contribution < 1.29 is 23.9 Å². The third kappa shape index (κ3) is 5.34. The molecule has 2 aromatic carbocycles. The molecule has 0 bridgehead atoms. The zero-order valence-corrected chi connectivity index (χ0v) is 16.6. The van der Waals surface area contributed by atoms with E-state index in [0.717, 1.165) is 17.5 Å². The van der Waals surface area contributed by atoms with E-state index in [0.29, 0.717) is 30.1 Å². The SMILES string of the molecule is Cc1ccc(C)c(OCC(=O)OCC(=O)Nc2ccccc2N2CCCC2=O)c1. The minimum absolute atomic E-state index is 0.0294. The van der Waals surface area contributed by atoms with Crippen LogP contribution >= 0.6 is 0 Å². The maximum atomic E-state index is 12.2. The molecule has 0 atom stereocenters. The van der Waals surface area contributed by atoms with Crippen molar-refractivity contribution in [2.75, 3.05) is 30.0 Å². The predicted octanol–water partition coefficient (Wildman–Crippen LogP) is 2.99. The van der Waals surface area contributed by atoms with Crippen LogP contribution in [0.2, 0.25) is 0 Å². The second-order valence-electron chi connectivity index (χ2n) is 6.93.